The molecule has 32 heavy (non-hydrogen) atoms. The second-order valence-electron chi connectivity index (χ2n) is 10.8. The number of ketones is 1. The number of allylic oxidation sites excluding steroid dienone is 2. The minimum absolute atomic E-state index is 0.0709. The van der Waals surface area contributed by atoms with Gasteiger partial charge in [0.1, 0.15) is 0 Å². The van der Waals surface area contributed by atoms with Crippen molar-refractivity contribution in [3.05, 3.63) is 70.8 Å². The molecular weight excluding hydrogens is 392 g/mol. The van der Waals surface area contributed by atoms with Gasteiger partial charge in [-0.25, -0.2) is 0 Å². The van der Waals surface area contributed by atoms with Crippen molar-refractivity contribution in [1.82, 2.24) is 0 Å². The van der Waals surface area contributed by atoms with E-state index in [1.165, 1.54) is 11.4 Å². The molecule has 0 spiro atoms. The van der Waals surface area contributed by atoms with Crippen LogP contribution in [0, 0.1) is 0 Å². The predicted molar refractivity (Wildman–Crippen MR) is 139 cm³/mol. The van der Waals surface area contributed by atoms with Crippen molar-refractivity contribution in [1.29, 1.82) is 0 Å². The number of Topliss-reactive ketones (excluding diaryl/α,β-unsaturated/α-hetero) is 1. The van der Waals surface area contributed by atoms with Crippen LogP contribution >= 0.6 is 0 Å². The largest absolute Gasteiger partial charge is 0.370 e. The lowest BCUT2D eigenvalue weighted by atomic mass is 10.0. The second kappa shape index (κ2) is 8.97. The van der Waals surface area contributed by atoms with Crippen molar-refractivity contribution in [3.63, 3.8) is 0 Å². The molecular formula is C29H38N2O. The maximum absolute atomic E-state index is 13.0. The predicted octanol–water partition coefficient (Wildman–Crippen LogP) is 6.99. The molecule has 0 saturated heterocycles. The van der Waals surface area contributed by atoms with E-state index in [0.717, 1.165) is 35.1 Å². The van der Waals surface area contributed by atoms with E-state index in [-0.39, 0.29) is 16.9 Å². The van der Waals surface area contributed by atoms with Crippen molar-refractivity contribution < 1.29 is 4.79 Å². The monoisotopic (exact) mass is 430 g/mol. The summed E-state index contributed by atoms with van der Waals surface area (Å²) in [6.45, 7) is 13.2. The van der Waals surface area contributed by atoms with Crippen LogP contribution in [0.2, 0.25) is 0 Å². The fraction of sp³-hybridized carbons (Fsp3) is 0.414. The summed E-state index contributed by atoms with van der Waals surface area (Å²) in [5.41, 5.74) is 6.46. The zero-order valence-electron chi connectivity index (χ0n) is 21.0. The van der Waals surface area contributed by atoms with E-state index < -0.39 is 0 Å². The Bertz CT molecular complexity index is 929. The summed E-state index contributed by atoms with van der Waals surface area (Å²) < 4.78 is 0. The third kappa shape index (κ3) is 5.51. The van der Waals surface area contributed by atoms with E-state index in [1.807, 2.05) is 12.2 Å². The van der Waals surface area contributed by atoms with Crippen molar-refractivity contribution in [2.75, 3.05) is 23.9 Å². The molecule has 0 atom stereocenters. The molecule has 3 rings (SSSR count). The first-order chi connectivity index (χ1) is 14.9. The number of carbonyl (C=O) groups is 1. The van der Waals surface area contributed by atoms with Gasteiger partial charge in [0.2, 0.25) is 0 Å². The zero-order valence-corrected chi connectivity index (χ0v) is 21.0. The molecule has 170 valence electrons. The SMILES string of the molecule is CN(c1ccc(C=C2CCC(=Cc3ccc(N(C)C(C)(C)C)cc3)C2=O)cc1)C(C)(C)C. The van der Waals surface area contributed by atoms with E-state index in [2.05, 4.69) is 114 Å². The molecule has 1 fully saturated rings. The Morgan fingerprint density at radius 3 is 1.22 bits per heavy atom. The van der Waals surface area contributed by atoms with Gasteiger partial charge in [-0.05, 0) is 102 Å². The molecule has 2 aromatic carbocycles. The van der Waals surface area contributed by atoms with Crippen LogP contribution in [0.1, 0.15) is 65.5 Å². The highest BCUT2D eigenvalue weighted by molar-refractivity contribution is 6.15. The quantitative estimate of drug-likeness (QED) is 0.489. The van der Waals surface area contributed by atoms with E-state index in [0.29, 0.717) is 0 Å². The Labute approximate surface area is 194 Å². The molecule has 3 heteroatoms. The summed E-state index contributed by atoms with van der Waals surface area (Å²) in [6, 6.07) is 16.9. The van der Waals surface area contributed by atoms with Crippen LogP contribution in [0.15, 0.2) is 59.7 Å². The third-order valence-electron chi connectivity index (χ3n) is 6.50. The number of carbonyl (C=O) groups excluding carboxylic acids is 1. The van der Waals surface area contributed by atoms with Gasteiger partial charge >= 0.3 is 0 Å². The highest BCUT2D eigenvalue weighted by Crippen LogP contribution is 2.31. The average molecular weight is 431 g/mol. The molecule has 1 aliphatic rings. The van der Waals surface area contributed by atoms with Crippen molar-refractivity contribution in [2.24, 2.45) is 0 Å². The Kier molecular flexibility index (Phi) is 6.69. The number of hydrogen-bond acceptors (Lipinski definition) is 3. The first-order valence-corrected chi connectivity index (χ1v) is 11.5. The Morgan fingerprint density at radius 2 is 0.938 bits per heavy atom. The van der Waals surface area contributed by atoms with E-state index in [9.17, 15) is 4.79 Å². The number of nitrogens with zero attached hydrogens (tertiary/aromatic N) is 2. The Hall–Kier alpha value is -2.81. The molecule has 0 N–H and O–H groups in total. The minimum atomic E-state index is 0.0709. The summed E-state index contributed by atoms with van der Waals surface area (Å²) >= 11 is 0. The van der Waals surface area contributed by atoms with Crippen LogP contribution in [0.3, 0.4) is 0 Å². The van der Waals surface area contributed by atoms with E-state index in [1.54, 1.807) is 0 Å². The van der Waals surface area contributed by atoms with Gasteiger partial charge < -0.3 is 9.80 Å². The van der Waals surface area contributed by atoms with Gasteiger partial charge in [-0.15, -0.1) is 0 Å². The second-order valence-corrected chi connectivity index (χ2v) is 10.8. The third-order valence-corrected chi connectivity index (χ3v) is 6.50. The van der Waals surface area contributed by atoms with Crippen LogP contribution in [0.5, 0.6) is 0 Å². The molecule has 0 aliphatic heterocycles. The molecule has 1 saturated carbocycles. The summed E-state index contributed by atoms with van der Waals surface area (Å²) in [4.78, 5) is 17.5. The lowest BCUT2D eigenvalue weighted by molar-refractivity contribution is -0.111. The van der Waals surface area contributed by atoms with Gasteiger partial charge in [0.25, 0.3) is 0 Å². The molecule has 0 unspecified atom stereocenters. The Balaban J connectivity index is 1.73. The zero-order chi connectivity index (χ0) is 23.7. The lowest BCUT2D eigenvalue weighted by Crippen LogP contribution is -2.37. The molecule has 0 radical (unpaired) electrons. The van der Waals surface area contributed by atoms with E-state index >= 15 is 0 Å². The smallest absolute Gasteiger partial charge is 0.185 e. The molecule has 0 bridgehead atoms. The van der Waals surface area contributed by atoms with Gasteiger partial charge in [-0.3, -0.25) is 4.79 Å². The van der Waals surface area contributed by atoms with Gasteiger partial charge in [0.15, 0.2) is 5.78 Å². The van der Waals surface area contributed by atoms with Crippen LogP contribution in [0.25, 0.3) is 12.2 Å². The van der Waals surface area contributed by atoms with Crippen molar-refractivity contribution in [3.8, 4) is 0 Å². The van der Waals surface area contributed by atoms with Gasteiger partial charge in [0.05, 0.1) is 0 Å². The van der Waals surface area contributed by atoms with Crippen LogP contribution in [0.4, 0.5) is 11.4 Å². The lowest BCUT2D eigenvalue weighted by Gasteiger charge is -2.34. The molecule has 0 heterocycles. The Morgan fingerprint density at radius 1 is 0.625 bits per heavy atom. The van der Waals surface area contributed by atoms with Crippen molar-refractivity contribution in [2.45, 2.75) is 65.5 Å². The van der Waals surface area contributed by atoms with Gasteiger partial charge in [-0.2, -0.15) is 0 Å². The van der Waals surface area contributed by atoms with E-state index in [4.69, 9.17) is 0 Å². The topological polar surface area (TPSA) is 23.6 Å². The molecule has 0 aromatic heterocycles. The summed E-state index contributed by atoms with van der Waals surface area (Å²) in [5.74, 6) is 0.178. The first kappa shape index (κ1) is 23.8. The average Bonchev–Trinajstić information content (AvgIpc) is 3.06. The first-order valence-electron chi connectivity index (χ1n) is 11.5. The maximum atomic E-state index is 13.0. The minimum Gasteiger partial charge on any atom is -0.370 e. The fourth-order valence-electron chi connectivity index (χ4n) is 3.74. The highest BCUT2D eigenvalue weighted by atomic mass is 16.1. The fourth-order valence-corrected chi connectivity index (χ4v) is 3.74. The molecule has 1 aliphatic carbocycles. The normalized spacial score (nSPS) is 17.3. The standard InChI is InChI=1S/C29H38N2O/c1-28(2,3)30(7)25-15-9-21(10-16-25)19-23-13-14-24(27(23)32)20-22-11-17-26(18-12-22)31(8)29(4,5)6/h9-12,15-20H,13-14H2,1-8H3. The summed E-state index contributed by atoms with van der Waals surface area (Å²) in [7, 11) is 4.22. The van der Waals surface area contributed by atoms with Crippen molar-refractivity contribution >= 4 is 29.3 Å². The van der Waals surface area contributed by atoms with Gasteiger partial charge in [0, 0.05) is 47.7 Å². The van der Waals surface area contributed by atoms with Crippen LogP contribution < -0.4 is 9.80 Å². The molecule has 0 amide bonds. The summed E-state index contributed by atoms with van der Waals surface area (Å²) in [5, 5.41) is 0. The summed E-state index contributed by atoms with van der Waals surface area (Å²) in [6.07, 6.45) is 5.70. The molecule has 3 nitrogen and oxygen atoms in total. The highest BCUT2D eigenvalue weighted by Gasteiger charge is 2.23. The van der Waals surface area contributed by atoms with Crippen LogP contribution in [-0.2, 0) is 4.79 Å². The van der Waals surface area contributed by atoms with Gasteiger partial charge in [-0.1, -0.05) is 24.3 Å². The maximum Gasteiger partial charge on any atom is 0.185 e. The molecule has 2 aromatic rings. The number of hydrogen-bond donors (Lipinski definition) is 0. The number of benzene rings is 2. The number of anilines is 2. The van der Waals surface area contributed by atoms with Crippen LogP contribution in [-0.4, -0.2) is 31.0 Å². The number of rotatable bonds is 4.